The quantitative estimate of drug-likeness (QED) is 0.685. The molecule has 0 atom stereocenters. The second-order valence-electron chi connectivity index (χ2n) is 3.77. The minimum Gasteiger partial charge on any atom is -0.312 e. The molecule has 1 aromatic rings. The van der Waals surface area contributed by atoms with Gasteiger partial charge in [-0.15, -0.1) is 0 Å². The number of aromatic nitrogens is 2. The summed E-state index contributed by atoms with van der Waals surface area (Å²) < 4.78 is 1.78. The maximum atomic E-state index is 11.5. The van der Waals surface area contributed by atoms with E-state index in [9.17, 15) is 4.79 Å². The van der Waals surface area contributed by atoms with Crippen LogP contribution in [0, 0.1) is 12.8 Å². The average molecular weight is 178 g/mol. The van der Waals surface area contributed by atoms with E-state index in [0.29, 0.717) is 5.69 Å². The molecule has 0 spiro atoms. The predicted molar refractivity (Wildman–Crippen MR) is 50.6 cm³/mol. The molecule has 13 heavy (non-hydrogen) atoms. The molecule has 0 unspecified atom stereocenters. The summed E-state index contributed by atoms with van der Waals surface area (Å²) in [6.45, 7) is 2.64. The number of hydrogen-bond acceptors (Lipinski definition) is 2. The van der Waals surface area contributed by atoms with E-state index < -0.39 is 0 Å². The van der Waals surface area contributed by atoms with Gasteiger partial charge in [-0.3, -0.25) is 9.78 Å². The predicted octanol–water partition coefficient (Wildman–Crippen LogP) is 1.35. The molecular formula is C10H14N2O. The Morgan fingerprint density at radius 2 is 2.38 bits per heavy atom. The van der Waals surface area contributed by atoms with Crippen LogP contribution in [-0.4, -0.2) is 9.55 Å². The summed E-state index contributed by atoms with van der Waals surface area (Å²) in [6, 6.07) is 0. The van der Waals surface area contributed by atoms with Crippen molar-refractivity contribution in [3.05, 3.63) is 28.4 Å². The van der Waals surface area contributed by atoms with Gasteiger partial charge in [-0.2, -0.15) is 0 Å². The van der Waals surface area contributed by atoms with Crippen molar-refractivity contribution in [3.63, 3.8) is 0 Å². The van der Waals surface area contributed by atoms with Gasteiger partial charge in [0.2, 0.25) is 0 Å². The molecule has 1 saturated carbocycles. The molecule has 0 bridgehead atoms. The summed E-state index contributed by atoms with van der Waals surface area (Å²) in [6.07, 6.45) is 7.36. The van der Waals surface area contributed by atoms with Gasteiger partial charge in [0.1, 0.15) is 5.69 Å². The van der Waals surface area contributed by atoms with Crippen LogP contribution in [0.2, 0.25) is 0 Å². The van der Waals surface area contributed by atoms with Crippen LogP contribution in [0.25, 0.3) is 0 Å². The van der Waals surface area contributed by atoms with E-state index >= 15 is 0 Å². The standard InChI is InChI=1S/C10H14N2O/c1-8-10(13)12(6-5-11-8)7-9-3-2-4-9/h5-6,9H,2-4,7H2,1H3. The third-order valence-corrected chi connectivity index (χ3v) is 2.76. The Balaban J connectivity index is 2.19. The third kappa shape index (κ3) is 1.64. The molecule has 0 amide bonds. The maximum Gasteiger partial charge on any atom is 0.271 e. The molecule has 3 nitrogen and oxygen atoms in total. The molecule has 0 saturated heterocycles. The highest BCUT2D eigenvalue weighted by Crippen LogP contribution is 2.27. The van der Waals surface area contributed by atoms with E-state index in [-0.39, 0.29) is 5.56 Å². The van der Waals surface area contributed by atoms with Crippen molar-refractivity contribution in [3.8, 4) is 0 Å². The lowest BCUT2D eigenvalue weighted by Gasteiger charge is -2.25. The fourth-order valence-corrected chi connectivity index (χ4v) is 1.65. The number of aryl methyl sites for hydroxylation is 1. The summed E-state index contributed by atoms with van der Waals surface area (Å²) in [4.78, 5) is 15.5. The minimum absolute atomic E-state index is 0.0643. The van der Waals surface area contributed by atoms with Gasteiger partial charge in [-0.1, -0.05) is 6.42 Å². The minimum atomic E-state index is 0.0643. The van der Waals surface area contributed by atoms with Crippen LogP contribution in [0.1, 0.15) is 25.0 Å². The van der Waals surface area contributed by atoms with Crippen molar-refractivity contribution < 1.29 is 0 Å². The van der Waals surface area contributed by atoms with E-state index in [0.717, 1.165) is 12.5 Å². The van der Waals surface area contributed by atoms with Crippen LogP contribution < -0.4 is 5.56 Å². The normalized spacial score (nSPS) is 17.0. The van der Waals surface area contributed by atoms with Crippen LogP contribution in [0.4, 0.5) is 0 Å². The van der Waals surface area contributed by atoms with Gasteiger partial charge in [-0.25, -0.2) is 0 Å². The van der Waals surface area contributed by atoms with Gasteiger partial charge >= 0.3 is 0 Å². The zero-order valence-corrected chi connectivity index (χ0v) is 7.86. The van der Waals surface area contributed by atoms with Crippen molar-refractivity contribution in [2.75, 3.05) is 0 Å². The number of hydrogen-bond donors (Lipinski definition) is 0. The van der Waals surface area contributed by atoms with Crippen molar-refractivity contribution in [1.29, 1.82) is 0 Å². The second-order valence-corrected chi connectivity index (χ2v) is 3.77. The van der Waals surface area contributed by atoms with Gasteiger partial charge in [0, 0.05) is 18.9 Å². The summed E-state index contributed by atoms with van der Waals surface area (Å²) in [5.74, 6) is 0.722. The molecule has 1 fully saturated rings. The summed E-state index contributed by atoms with van der Waals surface area (Å²) in [5.41, 5.74) is 0.663. The lowest BCUT2D eigenvalue weighted by Crippen LogP contribution is -2.28. The topological polar surface area (TPSA) is 34.9 Å². The number of nitrogens with zero attached hydrogens (tertiary/aromatic N) is 2. The Labute approximate surface area is 77.4 Å². The summed E-state index contributed by atoms with van der Waals surface area (Å²) in [5, 5.41) is 0. The van der Waals surface area contributed by atoms with E-state index in [4.69, 9.17) is 0 Å². The smallest absolute Gasteiger partial charge is 0.271 e. The van der Waals surface area contributed by atoms with Crippen molar-refractivity contribution in [2.45, 2.75) is 32.7 Å². The van der Waals surface area contributed by atoms with Crippen molar-refractivity contribution in [2.24, 2.45) is 5.92 Å². The Morgan fingerprint density at radius 1 is 1.62 bits per heavy atom. The first kappa shape index (κ1) is 8.48. The van der Waals surface area contributed by atoms with Gasteiger partial charge in [-0.05, 0) is 25.7 Å². The highest BCUT2D eigenvalue weighted by molar-refractivity contribution is 4.94. The largest absolute Gasteiger partial charge is 0.312 e. The van der Waals surface area contributed by atoms with Gasteiger partial charge in [0.05, 0.1) is 0 Å². The molecule has 0 N–H and O–H groups in total. The Hall–Kier alpha value is -1.12. The zero-order valence-electron chi connectivity index (χ0n) is 7.86. The van der Waals surface area contributed by atoms with Crippen LogP contribution in [-0.2, 0) is 6.54 Å². The molecule has 0 aliphatic heterocycles. The average Bonchev–Trinajstić information content (AvgIpc) is 2.04. The Kier molecular flexibility index (Phi) is 2.17. The van der Waals surface area contributed by atoms with Crippen LogP contribution >= 0.6 is 0 Å². The first-order valence-electron chi connectivity index (χ1n) is 4.79. The first-order chi connectivity index (χ1) is 6.27. The monoisotopic (exact) mass is 178 g/mol. The van der Waals surface area contributed by atoms with Gasteiger partial charge in [0.25, 0.3) is 5.56 Å². The lowest BCUT2D eigenvalue weighted by molar-refractivity contribution is 0.273. The molecule has 3 heteroatoms. The van der Waals surface area contributed by atoms with Crippen LogP contribution in [0.5, 0.6) is 0 Å². The highest BCUT2D eigenvalue weighted by atomic mass is 16.1. The molecule has 0 radical (unpaired) electrons. The molecular weight excluding hydrogens is 164 g/mol. The zero-order chi connectivity index (χ0) is 9.26. The van der Waals surface area contributed by atoms with Crippen LogP contribution in [0.3, 0.4) is 0 Å². The van der Waals surface area contributed by atoms with Crippen LogP contribution in [0.15, 0.2) is 17.2 Å². The SMILES string of the molecule is Cc1nccn(CC2CCC2)c1=O. The maximum absolute atomic E-state index is 11.5. The van der Waals surface area contributed by atoms with E-state index in [1.165, 1.54) is 19.3 Å². The molecule has 2 rings (SSSR count). The fraction of sp³-hybridized carbons (Fsp3) is 0.600. The first-order valence-corrected chi connectivity index (χ1v) is 4.79. The van der Waals surface area contributed by atoms with E-state index in [1.807, 2.05) is 0 Å². The van der Waals surface area contributed by atoms with Crippen molar-refractivity contribution in [1.82, 2.24) is 9.55 Å². The van der Waals surface area contributed by atoms with E-state index in [2.05, 4.69) is 4.98 Å². The highest BCUT2D eigenvalue weighted by Gasteiger charge is 2.18. The summed E-state index contributed by atoms with van der Waals surface area (Å²) >= 11 is 0. The Morgan fingerprint density at radius 3 is 3.00 bits per heavy atom. The van der Waals surface area contributed by atoms with Gasteiger partial charge in [0.15, 0.2) is 0 Å². The molecule has 1 aliphatic rings. The molecule has 1 heterocycles. The second kappa shape index (κ2) is 3.32. The van der Waals surface area contributed by atoms with Gasteiger partial charge < -0.3 is 4.57 Å². The molecule has 70 valence electrons. The Bertz CT molecular complexity index is 352. The molecule has 0 aromatic carbocycles. The molecule has 1 aromatic heterocycles. The number of rotatable bonds is 2. The summed E-state index contributed by atoms with van der Waals surface area (Å²) in [7, 11) is 0. The van der Waals surface area contributed by atoms with Crippen molar-refractivity contribution >= 4 is 0 Å². The lowest BCUT2D eigenvalue weighted by atomic mass is 9.85. The van der Waals surface area contributed by atoms with E-state index in [1.54, 1.807) is 23.9 Å². The third-order valence-electron chi connectivity index (χ3n) is 2.76. The fourth-order valence-electron chi connectivity index (χ4n) is 1.65. The molecule has 1 aliphatic carbocycles.